The van der Waals surface area contributed by atoms with E-state index >= 15 is 0 Å². The van der Waals surface area contributed by atoms with Gasteiger partial charge in [-0.25, -0.2) is 4.39 Å². The zero-order chi connectivity index (χ0) is 15.6. The summed E-state index contributed by atoms with van der Waals surface area (Å²) in [5, 5.41) is 2.91. The molecule has 0 aromatic heterocycles. The number of halogens is 2. The predicted molar refractivity (Wildman–Crippen MR) is 85.9 cm³/mol. The maximum absolute atomic E-state index is 13.3. The molecular weight excluding hydrogens is 333 g/mol. The molecule has 1 atom stereocenters. The molecule has 0 aliphatic rings. The Kier molecular flexibility index (Phi) is 4.78. The molecular formula is C17H17BrFNO. The van der Waals surface area contributed by atoms with Gasteiger partial charge in [0, 0.05) is 4.47 Å². The van der Waals surface area contributed by atoms with E-state index in [1.54, 1.807) is 0 Å². The molecule has 0 spiro atoms. The molecule has 110 valence electrons. The lowest BCUT2D eigenvalue weighted by atomic mass is 10.00. The Morgan fingerprint density at radius 2 is 1.90 bits per heavy atom. The summed E-state index contributed by atoms with van der Waals surface area (Å²) < 4.78 is 13.9. The fourth-order valence-electron chi connectivity index (χ4n) is 2.25. The molecule has 0 bridgehead atoms. The monoisotopic (exact) mass is 349 g/mol. The molecule has 1 unspecified atom stereocenters. The maximum Gasteiger partial charge on any atom is 0.253 e. The van der Waals surface area contributed by atoms with Crippen molar-refractivity contribution < 1.29 is 9.18 Å². The van der Waals surface area contributed by atoms with Crippen LogP contribution in [-0.2, 0) is 0 Å². The van der Waals surface area contributed by atoms with E-state index in [2.05, 4.69) is 27.3 Å². The van der Waals surface area contributed by atoms with Crippen molar-refractivity contribution in [3.8, 4) is 0 Å². The summed E-state index contributed by atoms with van der Waals surface area (Å²) in [4.78, 5) is 12.3. The fraction of sp³-hybridized carbons (Fsp3) is 0.235. The Bertz CT molecular complexity index is 684. The number of benzene rings is 2. The van der Waals surface area contributed by atoms with Gasteiger partial charge in [-0.05, 0) is 66.0 Å². The summed E-state index contributed by atoms with van der Waals surface area (Å²) in [6.07, 6.45) is 0. The van der Waals surface area contributed by atoms with E-state index in [9.17, 15) is 9.18 Å². The van der Waals surface area contributed by atoms with Gasteiger partial charge in [0.05, 0.1) is 11.6 Å². The molecule has 2 rings (SSSR count). The lowest BCUT2D eigenvalue weighted by Gasteiger charge is -2.18. The van der Waals surface area contributed by atoms with Gasteiger partial charge in [0.15, 0.2) is 0 Å². The van der Waals surface area contributed by atoms with E-state index in [0.29, 0.717) is 10.0 Å². The first-order valence-corrected chi connectivity index (χ1v) is 7.51. The first-order valence-electron chi connectivity index (χ1n) is 6.71. The smallest absolute Gasteiger partial charge is 0.253 e. The van der Waals surface area contributed by atoms with Gasteiger partial charge in [0.25, 0.3) is 5.91 Å². The first-order chi connectivity index (χ1) is 9.88. The second-order valence-electron chi connectivity index (χ2n) is 5.18. The van der Waals surface area contributed by atoms with E-state index in [4.69, 9.17) is 0 Å². The highest BCUT2D eigenvalue weighted by Crippen LogP contribution is 2.22. The lowest BCUT2D eigenvalue weighted by Crippen LogP contribution is -2.27. The summed E-state index contributed by atoms with van der Waals surface area (Å²) in [5.74, 6) is -0.725. The van der Waals surface area contributed by atoms with Crippen LogP contribution >= 0.6 is 15.9 Å². The molecule has 2 aromatic rings. The lowest BCUT2D eigenvalue weighted by molar-refractivity contribution is 0.0938. The summed E-state index contributed by atoms with van der Waals surface area (Å²) >= 11 is 3.28. The highest BCUT2D eigenvalue weighted by molar-refractivity contribution is 9.10. The largest absolute Gasteiger partial charge is 0.345 e. The third-order valence-corrected chi connectivity index (χ3v) is 4.11. The Morgan fingerprint density at radius 3 is 2.62 bits per heavy atom. The van der Waals surface area contributed by atoms with Gasteiger partial charge in [0.2, 0.25) is 0 Å². The molecule has 2 aromatic carbocycles. The van der Waals surface area contributed by atoms with Crippen LogP contribution in [0.5, 0.6) is 0 Å². The van der Waals surface area contributed by atoms with Crippen molar-refractivity contribution in [3.63, 3.8) is 0 Å². The van der Waals surface area contributed by atoms with Crippen molar-refractivity contribution in [1.29, 1.82) is 0 Å². The van der Waals surface area contributed by atoms with Crippen molar-refractivity contribution >= 4 is 21.8 Å². The van der Waals surface area contributed by atoms with Crippen LogP contribution in [0.15, 0.2) is 40.9 Å². The van der Waals surface area contributed by atoms with Crippen molar-refractivity contribution in [3.05, 3.63) is 68.9 Å². The third kappa shape index (κ3) is 3.70. The van der Waals surface area contributed by atoms with Crippen LogP contribution in [0.3, 0.4) is 0 Å². The number of aryl methyl sites for hydroxylation is 2. The van der Waals surface area contributed by atoms with Crippen molar-refractivity contribution in [2.45, 2.75) is 26.8 Å². The minimum absolute atomic E-state index is 0.146. The molecule has 2 nitrogen and oxygen atoms in total. The topological polar surface area (TPSA) is 29.1 Å². The van der Waals surface area contributed by atoms with Gasteiger partial charge < -0.3 is 5.32 Å². The van der Waals surface area contributed by atoms with Crippen LogP contribution in [0.25, 0.3) is 0 Å². The molecule has 0 heterocycles. The van der Waals surface area contributed by atoms with E-state index in [0.717, 1.165) is 16.7 Å². The van der Waals surface area contributed by atoms with Gasteiger partial charge in [-0.2, -0.15) is 0 Å². The highest BCUT2D eigenvalue weighted by atomic mass is 79.9. The van der Waals surface area contributed by atoms with Gasteiger partial charge in [-0.15, -0.1) is 0 Å². The van der Waals surface area contributed by atoms with Gasteiger partial charge >= 0.3 is 0 Å². The maximum atomic E-state index is 13.3. The number of carbonyl (C=O) groups is 1. The standard InChI is InChI=1S/C17H17BrFNO/c1-10-4-5-11(2)14(8-10)12(3)20-17(21)15-9-13(19)6-7-16(15)18/h4-9,12H,1-3H3,(H,20,21). The van der Waals surface area contributed by atoms with Gasteiger partial charge in [-0.3, -0.25) is 4.79 Å². The minimum atomic E-state index is -0.428. The fourth-order valence-corrected chi connectivity index (χ4v) is 2.68. The second-order valence-corrected chi connectivity index (χ2v) is 6.03. The van der Waals surface area contributed by atoms with Gasteiger partial charge in [0.1, 0.15) is 5.82 Å². The van der Waals surface area contributed by atoms with Crippen LogP contribution in [0.4, 0.5) is 4.39 Å². The molecule has 0 saturated carbocycles. The number of carbonyl (C=O) groups excluding carboxylic acids is 1. The summed E-state index contributed by atoms with van der Waals surface area (Å²) in [5.41, 5.74) is 3.62. The Labute approximate surface area is 132 Å². The summed E-state index contributed by atoms with van der Waals surface area (Å²) in [6.45, 7) is 5.95. The van der Waals surface area contributed by atoms with Crippen LogP contribution in [0, 0.1) is 19.7 Å². The van der Waals surface area contributed by atoms with E-state index < -0.39 is 5.82 Å². The summed E-state index contributed by atoms with van der Waals surface area (Å²) in [6, 6.07) is 10.1. The molecule has 4 heteroatoms. The average Bonchev–Trinajstić information content (AvgIpc) is 2.43. The Hall–Kier alpha value is -1.68. The minimum Gasteiger partial charge on any atom is -0.345 e. The molecule has 0 saturated heterocycles. The molecule has 1 N–H and O–H groups in total. The third-order valence-electron chi connectivity index (χ3n) is 3.42. The number of hydrogen-bond acceptors (Lipinski definition) is 1. The molecule has 21 heavy (non-hydrogen) atoms. The molecule has 0 radical (unpaired) electrons. The molecule has 0 fully saturated rings. The highest BCUT2D eigenvalue weighted by Gasteiger charge is 2.16. The van der Waals surface area contributed by atoms with Crippen molar-refractivity contribution in [2.75, 3.05) is 0 Å². The average molecular weight is 350 g/mol. The van der Waals surface area contributed by atoms with E-state index in [1.807, 2.05) is 32.9 Å². The van der Waals surface area contributed by atoms with Crippen LogP contribution < -0.4 is 5.32 Å². The quantitative estimate of drug-likeness (QED) is 0.855. The second kappa shape index (κ2) is 6.39. The Morgan fingerprint density at radius 1 is 1.19 bits per heavy atom. The molecule has 1 amide bonds. The van der Waals surface area contributed by atoms with Crippen LogP contribution in [-0.4, -0.2) is 5.91 Å². The SMILES string of the molecule is Cc1ccc(C)c(C(C)NC(=O)c2cc(F)ccc2Br)c1. The predicted octanol–water partition coefficient (Wildman–Crippen LogP) is 4.70. The zero-order valence-electron chi connectivity index (χ0n) is 12.2. The number of amides is 1. The molecule has 0 aliphatic heterocycles. The van der Waals surface area contributed by atoms with Crippen LogP contribution in [0.2, 0.25) is 0 Å². The number of nitrogens with one attached hydrogen (secondary N) is 1. The van der Waals surface area contributed by atoms with E-state index in [1.165, 1.54) is 18.2 Å². The number of hydrogen-bond donors (Lipinski definition) is 1. The molecule has 0 aliphatic carbocycles. The van der Waals surface area contributed by atoms with Gasteiger partial charge in [-0.1, -0.05) is 23.8 Å². The zero-order valence-corrected chi connectivity index (χ0v) is 13.8. The number of rotatable bonds is 3. The van der Waals surface area contributed by atoms with E-state index in [-0.39, 0.29) is 11.9 Å². The first kappa shape index (κ1) is 15.7. The van der Waals surface area contributed by atoms with Crippen molar-refractivity contribution in [2.24, 2.45) is 0 Å². The Balaban J connectivity index is 2.23. The summed E-state index contributed by atoms with van der Waals surface area (Å²) in [7, 11) is 0. The van der Waals surface area contributed by atoms with Crippen molar-refractivity contribution in [1.82, 2.24) is 5.32 Å². The normalized spacial score (nSPS) is 12.0. The van der Waals surface area contributed by atoms with Crippen LogP contribution in [0.1, 0.15) is 40.0 Å².